The summed E-state index contributed by atoms with van der Waals surface area (Å²) in [6.45, 7) is 3.92. The van der Waals surface area contributed by atoms with Crippen LogP contribution < -0.4 is 0 Å². The van der Waals surface area contributed by atoms with Gasteiger partial charge in [-0.25, -0.2) is 24.2 Å². The van der Waals surface area contributed by atoms with E-state index >= 15 is 0 Å². The molecule has 1 rings (SSSR count). The molecule has 0 aromatic heterocycles. The van der Waals surface area contributed by atoms with Crippen molar-refractivity contribution < 1.29 is 23.9 Å². The lowest BCUT2D eigenvalue weighted by Gasteiger charge is -2.14. The van der Waals surface area contributed by atoms with Crippen molar-refractivity contribution in [2.45, 2.75) is 13.8 Å². The van der Waals surface area contributed by atoms with Crippen LogP contribution in [0.25, 0.3) is 0 Å². The van der Waals surface area contributed by atoms with Gasteiger partial charge in [0.2, 0.25) is 0 Å². The molecule has 1 heterocycles. The van der Waals surface area contributed by atoms with Crippen LogP contribution in [0.3, 0.4) is 0 Å². The van der Waals surface area contributed by atoms with Crippen LogP contribution in [0.5, 0.6) is 0 Å². The molecule has 4 amide bonds. The molecule has 0 N–H and O–H groups in total. The summed E-state index contributed by atoms with van der Waals surface area (Å²) in [7, 11) is 0. The van der Waals surface area contributed by atoms with Gasteiger partial charge in [0.25, 0.3) is 0 Å². The van der Waals surface area contributed by atoms with Gasteiger partial charge in [-0.3, -0.25) is 0 Å². The maximum atomic E-state index is 11.6. The molecule has 0 aliphatic carbocycles. The molecule has 1 aliphatic heterocycles. The lowest BCUT2D eigenvalue weighted by atomic mass is 10.6. The van der Waals surface area contributed by atoms with Gasteiger partial charge in [0, 0.05) is 0 Å². The number of carbonyl (C=O) groups is 3. The van der Waals surface area contributed by atoms with Crippen LogP contribution in [0.2, 0.25) is 0 Å². The SMILES string of the molecule is CCOC(=O)N1CCN(C(=O)OCC)C1=O. The summed E-state index contributed by atoms with van der Waals surface area (Å²) in [5.74, 6) is 0. The van der Waals surface area contributed by atoms with E-state index in [1.165, 1.54) is 0 Å². The molecular weight excluding hydrogens is 216 g/mol. The predicted octanol–water partition coefficient (Wildman–Crippen LogP) is 1.04. The monoisotopic (exact) mass is 230 g/mol. The summed E-state index contributed by atoms with van der Waals surface area (Å²) in [5.41, 5.74) is 0. The van der Waals surface area contributed by atoms with Gasteiger partial charge >= 0.3 is 18.2 Å². The zero-order valence-electron chi connectivity index (χ0n) is 9.26. The minimum atomic E-state index is -0.737. The first kappa shape index (κ1) is 12.3. The fourth-order valence-electron chi connectivity index (χ4n) is 1.28. The Labute approximate surface area is 92.9 Å². The standard InChI is InChI=1S/C9H14N2O5/c1-3-15-8(13)10-5-6-11(7(10)12)9(14)16-4-2/h3-6H2,1-2H3. The topological polar surface area (TPSA) is 76.2 Å². The maximum absolute atomic E-state index is 11.6. The molecular formula is C9H14N2O5. The van der Waals surface area contributed by atoms with Gasteiger partial charge in [-0.2, -0.15) is 0 Å². The molecule has 90 valence electrons. The maximum Gasteiger partial charge on any atom is 0.418 e. The van der Waals surface area contributed by atoms with Crippen LogP contribution >= 0.6 is 0 Å². The normalized spacial score (nSPS) is 15.2. The number of urea groups is 1. The number of nitrogens with zero attached hydrogens (tertiary/aromatic N) is 2. The Morgan fingerprint density at radius 3 is 1.75 bits per heavy atom. The second kappa shape index (κ2) is 5.34. The number of hydrogen-bond donors (Lipinski definition) is 0. The summed E-state index contributed by atoms with van der Waals surface area (Å²) in [5, 5.41) is 0. The number of imide groups is 2. The second-order valence-electron chi connectivity index (χ2n) is 2.98. The van der Waals surface area contributed by atoms with E-state index in [9.17, 15) is 14.4 Å². The fraction of sp³-hybridized carbons (Fsp3) is 0.667. The van der Waals surface area contributed by atoms with Gasteiger partial charge in [-0.1, -0.05) is 0 Å². The predicted molar refractivity (Wildman–Crippen MR) is 52.9 cm³/mol. The van der Waals surface area contributed by atoms with E-state index in [0.29, 0.717) is 0 Å². The van der Waals surface area contributed by atoms with Gasteiger partial charge < -0.3 is 9.47 Å². The Hall–Kier alpha value is -1.79. The highest BCUT2D eigenvalue weighted by molar-refractivity contribution is 6.00. The number of ether oxygens (including phenoxy) is 2. The first-order valence-corrected chi connectivity index (χ1v) is 5.04. The molecule has 0 aromatic carbocycles. The van der Waals surface area contributed by atoms with Crippen molar-refractivity contribution >= 4 is 18.2 Å². The van der Waals surface area contributed by atoms with Gasteiger partial charge in [-0.15, -0.1) is 0 Å². The van der Waals surface area contributed by atoms with E-state index in [1.807, 2.05) is 0 Å². The number of carbonyl (C=O) groups excluding carboxylic acids is 3. The minimum absolute atomic E-state index is 0.135. The summed E-state index contributed by atoms with van der Waals surface area (Å²) in [4.78, 5) is 35.9. The molecule has 7 nitrogen and oxygen atoms in total. The van der Waals surface area contributed by atoms with Crippen LogP contribution in [-0.4, -0.2) is 54.3 Å². The molecule has 0 saturated carbocycles. The molecule has 0 bridgehead atoms. The van der Waals surface area contributed by atoms with Crippen molar-refractivity contribution in [1.29, 1.82) is 0 Å². The van der Waals surface area contributed by atoms with Gasteiger partial charge in [0.15, 0.2) is 0 Å². The molecule has 0 unspecified atom stereocenters. The molecule has 0 aromatic rings. The molecule has 1 fully saturated rings. The van der Waals surface area contributed by atoms with E-state index in [2.05, 4.69) is 9.47 Å². The highest BCUT2D eigenvalue weighted by atomic mass is 16.6. The van der Waals surface area contributed by atoms with Crippen molar-refractivity contribution in [2.24, 2.45) is 0 Å². The Kier molecular flexibility index (Phi) is 4.10. The average Bonchev–Trinajstić information content (AvgIpc) is 2.61. The van der Waals surface area contributed by atoms with Crippen LogP contribution in [0, 0.1) is 0 Å². The first-order valence-electron chi connectivity index (χ1n) is 5.04. The highest BCUT2D eigenvalue weighted by Crippen LogP contribution is 2.11. The van der Waals surface area contributed by atoms with Crippen LogP contribution in [0.4, 0.5) is 14.4 Å². The third-order valence-corrected chi connectivity index (χ3v) is 1.99. The summed E-state index contributed by atoms with van der Waals surface area (Å²) >= 11 is 0. The summed E-state index contributed by atoms with van der Waals surface area (Å²) in [6, 6.07) is -0.697. The van der Waals surface area contributed by atoms with Crippen molar-refractivity contribution in [3.63, 3.8) is 0 Å². The minimum Gasteiger partial charge on any atom is -0.449 e. The third kappa shape index (κ3) is 2.41. The van der Waals surface area contributed by atoms with Crippen molar-refractivity contribution in [3.05, 3.63) is 0 Å². The zero-order valence-corrected chi connectivity index (χ0v) is 9.26. The van der Waals surface area contributed by atoms with E-state index in [0.717, 1.165) is 9.80 Å². The van der Waals surface area contributed by atoms with Crippen LogP contribution in [-0.2, 0) is 9.47 Å². The van der Waals surface area contributed by atoms with Crippen LogP contribution in [0.1, 0.15) is 13.8 Å². The summed E-state index contributed by atoms with van der Waals surface area (Å²) < 4.78 is 9.34. The molecule has 0 radical (unpaired) electrons. The first-order chi connectivity index (χ1) is 7.61. The fourth-order valence-corrected chi connectivity index (χ4v) is 1.28. The van der Waals surface area contributed by atoms with E-state index in [1.54, 1.807) is 13.8 Å². The van der Waals surface area contributed by atoms with E-state index in [4.69, 9.17) is 0 Å². The quantitative estimate of drug-likeness (QED) is 0.708. The average molecular weight is 230 g/mol. The van der Waals surface area contributed by atoms with Gasteiger partial charge in [-0.05, 0) is 13.8 Å². The number of amides is 4. The largest absolute Gasteiger partial charge is 0.449 e. The second-order valence-corrected chi connectivity index (χ2v) is 2.98. The molecule has 7 heteroatoms. The number of hydrogen-bond acceptors (Lipinski definition) is 5. The molecule has 0 atom stereocenters. The lowest BCUT2D eigenvalue weighted by molar-refractivity contribution is 0.111. The Morgan fingerprint density at radius 2 is 1.44 bits per heavy atom. The smallest absolute Gasteiger partial charge is 0.418 e. The highest BCUT2D eigenvalue weighted by Gasteiger charge is 2.38. The number of rotatable bonds is 2. The Bertz CT molecular complexity index is 276. The van der Waals surface area contributed by atoms with Crippen molar-refractivity contribution in [1.82, 2.24) is 9.80 Å². The molecule has 1 aliphatic rings. The molecule has 1 saturated heterocycles. The van der Waals surface area contributed by atoms with E-state index < -0.39 is 18.2 Å². The van der Waals surface area contributed by atoms with Gasteiger partial charge in [0.05, 0.1) is 26.3 Å². The van der Waals surface area contributed by atoms with Crippen molar-refractivity contribution in [3.8, 4) is 0 Å². The molecule has 16 heavy (non-hydrogen) atoms. The Morgan fingerprint density at radius 1 is 1.06 bits per heavy atom. The summed E-state index contributed by atoms with van der Waals surface area (Å²) in [6.07, 6.45) is -1.47. The molecule has 0 spiro atoms. The lowest BCUT2D eigenvalue weighted by Crippen LogP contribution is -2.39. The Balaban J connectivity index is 2.60. The third-order valence-electron chi connectivity index (χ3n) is 1.99. The zero-order chi connectivity index (χ0) is 12.1. The van der Waals surface area contributed by atoms with Crippen molar-refractivity contribution in [2.75, 3.05) is 26.3 Å². The van der Waals surface area contributed by atoms with Gasteiger partial charge in [0.1, 0.15) is 0 Å². The van der Waals surface area contributed by atoms with Crippen LogP contribution in [0.15, 0.2) is 0 Å². The van der Waals surface area contributed by atoms with E-state index in [-0.39, 0.29) is 26.3 Å².